The molecule has 2 aromatic carbocycles. The standard InChI is InChI=1S/C22H21Cl2FN4O2S/c23-18-6-3-16(13-19(18)24)20(30)14-32-22-27-26-21(15-1-4-17(25)5-2-15)29(22)8-7-28-9-11-31-12-10-28/h1-6,13H,7-12,14H2. The van der Waals surface area contributed by atoms with E-state index in [1.54, 1.807) is 30.3 Å². The molecule has 0 radical (unpaired) electrons. The fraction of sp³-hybridized carbons (Fsp3) is 0.318. The lowest BCUT2D eigenvalue weighted by Crippen LogP contribution is -2.38. The van der Waals surface area contributed by atoms with Crippen molar-refractivity contribution in [3.63, 3.8) is 0 Å². The van der Waals surface area contributed by atoms with Gasteiger partial charge in [0.1, 0.15) is 5.82 Å². The Morgan fingerprint density at radius 3 is 2.50 bits per heavy atom. The van der Waals surface area contributed by atoms with Crippen molar-refractivity contribution in [2.75, 3.05) is 38.6 Å². The van der Waals surface area contributed by atoms with Gasteiger partial charge in [0.25, 0.3) is 0 Å². The Labute approximate surface area is 199 Å². The number of carbonyl (C=O) groups excluding carboxylic acids is 1. The zero-order chi connectivity index (χ0) is 22.5. The minimum atomic E-state index is -0.310. The smallest absolute Gasteiger partial charge is 0.191 e. The zero-order valence-corrected chi connectivity index (χ0v) is 19.5. The molecule has 6 nitrogen and oxygen atoms in total. The summed E-state index contributed by atoms with van der Waals surface area (Å²) in [5, 5.41) is 10.0. The first kappa shape index (κ1) is 23.2. The Hall–Kier alpha value is -1.97. The van der Waals surface area contributed by atoms with E-state index in [4.69, 9.17) is 27.9 Å². The van der Waals surface area contributed by atoms with Crippen LogP contribution in [0.15, 0.2) is 47.6 Å². The number of hydrogen-bond donors (Lipinski definition) is 0. The molecule has 10 heteroatoms. The fourth-order valence-corrected chi connectivity index (χ4v) is 4.52. The summed E-state index contributed by atoms with van der Waals surface area (Å²) in [4.78, 5) is 15.0. The number of ether oxygens (including phenoxy) is 1. The Balaban J connectivity index is 1.52. The number of Topliss-reactive ketones (excluding diaryl/α,β-unsaturated/α-hetero) is 1. The number of rotatable bonds is 8. The Kier molecular flexibility index (Phi) is 7.80. The summed E-state index contributed by atoms with van der Waals surface area (Å²) in [7, 11) is 0. The SMILES string of the molecule is O=C(CSc1nnc(-c2ccc(F)cc2)n1CCN1CCOCC1)c1ccc(Cl)c(Cl)c1. The minimum Gasteiger partial charge on any atom is -0.379 e. The first-order valence-corrected chi connectivity index (χ1v) is 11.9. The molecule has 0 spiro atoms. The van der Waals surface area contributed by atoms with Crippen LogP contribution in [0, 0.1) is 5.82 Å². The van der Waals surface area contributed by atoms with Crippen LogP contribution in [0.25, 0.3) is 11.4 Å². The van der Waals surface area contributed by atoms with Crippen molar-refractivity contribution in [3.8, 4) is 11.4 Å². The summed E-state index contributed by atoms with van der Waals surface area (Å²) in [5.74, 6) is 0.425. The molecule has 0 N–H and O–H groups in total. The zero-order valence-electron chi connectivity index (χ0n) is 17.1. The second-order valence-electron chi connectivity index (χ2n) is 7.26. The molecule has 0 aliphatic carbocycles. The molecule has 1 aromatic heterocycles. The molecule has 1 saturated heterocycles. The van der Waals surface area contributed by atoms with E-state index in [9.17, 15) is 9.18 Å². The van der Waals surface area contributed by atoms with Crippen molar-refractivity contribution in [1.82, 2.24) is 19.7 Å². The molecule has 0 saturated carbocycles. The second-order valence-corrected chi connectivity index (χ2v) is 9.02. The van der Waals surface area contributed by atoms with Crippen LogP contribution in [-0.4, -0.2) is 64.0 Å². The first-order valence-electron chi connectivity index (χ1n) is 10.1. The van der Waals surface area contributed by atoms with Crippen molar-refractivity contribution in [2.24, 2.45) is 0 Å². The molecule has 1 aliphatic heterocycles. The predicted octanol–water partition coefficient (Wildman–Crippen LogP) is 4.70. The van der Waals surface area contributed by atoms with Gasteiger partial charge in [0.05, 0.1) is 29.0 Å². The Bertz CT molecular complexity index is 1090. The van der Waals surface area contributed by atoms with Gasteiger partial charge in [-0.05, 0) is 42.5 Å². The van der Waals surface area contributed by atoms with Crippen LogP contribution in [0.5, 0.6) is 0 Å². The van der Waals surface area contributed by atoms with Gasteiger partial charge in [0.2, 0.25) is 0 Å². The molecular formula is C22H21Cl2FN4O2S. The van der Waals surface area contributed by atoms with E-state index in [1.165, 1.54) is 23.9 Å². The highest BCUT2D eigenvalue weighted by Crippen LogP contribution is 2.27. The average Bonchev–Trinajstić information content (AvgIpc) is 3.21. The van der Waals surface area contributed by atoms with Gasteiger partial charge in [0.15, 0.2) is 16.8 Å². The van der Waals surface area contributed by atoms with Gasteiger partial charge in [0, 0.05) is 37.3 Å². The van der Waals surface area contributed by atoms with Crippen LogP contribution >= 0.6 is 35.0 Å². The summed E-state index contributed by atoms with van der Waals surface area (Å²) in [6, 6.07) is 11.0. The van der Waals surface area contributed by atoms with Gasteiger partial charge >= 0.3 is 0 Å². The predicted molar refractivity (Wildman–Crippen MR) is 124 cm³/mol. The molecule has 0 amide bonds. The Morgan fingerprint density at radius 2 is 1.78 bits per heavy atom. The van der Waals surface area contributed by atoms with Crippen molar-refractivity contribution in [2.45, 2.75) is 11.7 Å². The maximum atomic E-state index is 13.4. The number of thioether (sulfide) groups is 1. The number of carbonyl (C=O) groups is 1. The molecule has 4 rings (SSSR count). The molecule has 168 valence electrons. The fourth-order valence-electron chi connectivity index (χ4n) is 3.36. The van der Waals surface area contributed by atoms with E-state index < -0.39 is 0 Å². The number of benzene rings is 2. The molecule has 0 atom stereocenters. The van der Waals surface area contributed by atoms with E-state index in [0.717, 1.165) is 25.2 Å². The highest BCUT2D eigenvalue weighted by Gasteiger charge is 2.18. The summed E-state index contributed by atoms with van der Waals surface area (Å²) >= 11 is 13.3. The molecule has 1 aliphatic rings. The molecule has 0 unspecified atom stereocenters. The van der Waals surface area contributed by atoms with Gasteiger partial charge in [-0.1, -0.05) is 35.0 Å². The van der Waals surface area contributed by atoms with Crippen LogP contribution < -0.4 is 0 Å². The third kappa shape index (κ3) is 5.68. The summed E-state index contributed by atoms with van der Waals surface area (Å²) in [6.45, 7) is 4.60. The van der Waals surface area contributed by atoms with Crippen LogP contribution in [0.2, 0.25) is 10.0 Å². The highest BCUT2D eigenvalue weighted by atomic mass is 35.5. The topological polar surface area (TPSA) is 60.2 Å². The number of morpholine rings is 1. The first-order chi connectivity index (χ1) is 15.5. The third-order valence-corrected chi connectivity index (χ3v) is 6.84. The number of ketones is 1. The molecule has 2 heterocycles. The largest absolute Gasteiger partial charge is 0.379 e. The van der Waals surface area contributed by atoms with Gasteiger partial charge in [-0.25, -0.2) is 4.39 Å². The quantitative estimate of drug-likeness (QED) is 0.334. The van der Waals surface area contributed by atoms with Gasteiger partial charge in [-0.2, -0.15) is 0 Å². The molecular weight excluding hydrogens is 474 g/mol. The van der Waals surface area contributed by atoms with E-state index in [2.05, 4.69) is 15.1 Å². The van der Waals surface area contributed by atoms with Gasteiger partial charge < -0.3 is 9.30 Å². The Morgan fingerprint density at radius 1 is 1.03 bits per heavy atom. The average molecular weight is 495 g/mol. The number of nitrogens with zero attached hydrogens (tertiary/aromatic N) is 4. The van der Waals surface area contributed by atoms with Crippen molar-refractivity contribution in [1.29, 1.82) is 0 Å². The van der Waals surface area contributed by atoms with Crippen LogP contribution in [0.3, 0.4) is 0 Å². The lowest BCUT2D eigenvalue weighted by atomic mass is 10.1. The summed E-state index contributed by atoms with van der Waals surface area (Å²) in [5.41, 5.74) is 1.26. The maximum Gasteiger partial charge on any atom is 0.191 e. The molecule has 0 bridgehead atoms. The van der Waals surface area contributed by atoms with E-state index in [-0.39, 0.29) is 17.4 Å². The normalized spacial score (nSPS) is 14.6. The monoisotopic (exact) mass is 494 g/mol. The number of halogens is 3. The number of aromatic nitrogens is 3. The van der Waals surface area contributed by atoms with Crippen molar-refractivity contribution in [3.05, 3.63) is 63.9 Å². The maximum absolute atomic E-state index is 13.4. The van der Waals surface area contributed by atoms with E-state index in [0.29, 0.717) is 46.3 Å². The molecule has 3 aromatic rings. The van der Waals surface area contributed by atoms with Gasteiger partial charge in [-0.3, -0.25) is 9.69 Å². The van der Waals surface area contributed by atoms with E-state index >= 15 is 0 Å². The van der Waals surface area contributed by atoms with Crippen molar-refractivity contribution >= 4 is 40.7 Å². The van der Waals surface area contributed by atoms with Crippen molar-refractivity contribution < 1.29 is 13.9 Å². The minimum absolute atomic E-state index is 0.0837. The van der Waals surface area contributed by atoms with E-state index in [1.807, 2.05) is 4.57 Å². The third-order valence-electron chi connectivity index (χ3n) is 5.14. The summed E-state index contributed by atoms with van der Waals surface area (Å²) in [6.07, 6.45) is 0. The second kappa shape index (κ2) is 10.8. The number of hydrogen-bond acceptors (Lipinski definition) is 6. The lowest BCUT2D eigenvalue weighted by Gasteiger charge is -2.27. The highest BCUT2D eigenvalue weighted by molar-refractivity contribution is 7.99. The molecule has 32 heavy (non-hydrogen) atoms. The van der Waals surface area contributed by atoms with Crippen LogP contribution in [-0.2, 0) is 11.3 Å². The molecule has 1 fully saturated rings. The van der Waals surface area contributed by atoms with Gasteiger partial charge in [-0.15, -0.1) is 10.2 Å². The lowest BCUT2D eigenvalue weighted by molar-refractivity contribution is 0.0361. The van der Waals surface area contributed by atoms with Crippen LogP contribution in [0.4, 0.5) is 4.39 Å². The summed E-state index contributed by atoms with van der Waals surface area (Å²) < 4.78 is 20.8. The van der Waals surface area contributed by atoms with Crippen LogP contribution in [0.1, 0.15) is 10.4 Å².